The number of likely N-dealkylation sites (tertiary alicyclic amines) is 1. The van der Waals surface area contributed by atoms with E-state index in [1.807, 2.05) is 0 Å². The number of carbonyl (C=O) groups is 2. The van der Waals surface area contributed by atoms with E-state index in [-0.39, 0.29) is 31.3 Å². The van der Waals surface area contributed by atoms with Crippen LogP contribution in [0.2, 0.25) is 0 Å². The molecule has 122 valence electrons. The van der Waals surface area contributed by atoms with Gasteiger partial charge in [-0.2, -0.15) is 13.2 Å². The fraction of sp³-hybridized carbons (Fsp3) is 0.833. The van der Waals surface area contributed by atoms with Crippen LogP contribution in [0.3, 0.4) is 0 Å². The van der Waals surface area contributed by atoms with Crippen LogP contribution in [0.4, 0.5) is 13.2 Å². The van der Waals surface area contributed by atoms with E-state index in [0.717, 1.165) is 17.9 Å². The molecule has 2 aliphatic heterocycles. The molecule has 2 saturated heterocycles. The monoisotopic (exact) mass is 329 g/mol. The maximum absolute atomic E-state index is 12.3. The van der Waals surface area contributed by atoms with Gasteiger partial charge in [0.1, 0.15) is 6.54 Å². The van der Waals surface area contributed by atoms with Crippen molar-refractivity contribution in [2.75, 3.05) is 39.3 Å². The fourth-order valence-corrected chi connectivity index (χ4v) is 2.63. The average Bonchev–Trinajstić information content (AvgIpc) is 2.58. The third-order valence-electron chi connectivity index (χ3n) is 3.59. The Labute approximate surface area is 127 Å². The summed E-state index contributed by atoms with van der Waals surface area (Å²) in [6, 6.07) is 0. The highest BCUT2D eigenvalue weighted by atomic mass is 35.5. The van der Waals surface area contributed by atoms with E-state index >= 15 is 0 Å². The molecule has 0 aromatic heterocycles. The standard InChI is InChI=1S/C12H18F3N3O2.ClH/c13-12(14,15)8-18-7-9(6-10(18)19)11(20)17-4-1-2-16-3-5-17;/h9,16H,1-8H2;1H. The second-order valence-corrected chi connectivity index (χ2v) is 5.22. The summed E-state index contributed by atoms with van der Waals surface area (Å²) in [7, 11) is 0. The van der Waals surface area contributed by atoms with E-state index in [1.165, 1.54) is 0 Å². The molecule has 0 aliphatic carbocycles. The lowest BCUT2D eigenvalue weighted by molar-refractivity contribution is -0.157. The van der Waals surface area contributed by atoms with E-state index in [4.69, 9.17) is 0 Å². The van der Waals surface area contributed by atoms with Crippen molar-refractivity contribution < 1.29 is 22.8 Å². The molecule has 0 spiro atoms. The Morgan fingerprint density at radius 3 is 2.67 bits per heavy atom. The Kier molecular flexibility index (Phi) is 6.27. The number of alkyl halides is 3. The molecule has 21 heavy (non-hydrogen) atoms. The van der Waals surface area contributed by atoms with Gasteiger partial charge in [0.05, 0.1) is 5.92 Å². The Hall–Kier alpha value is -1.02. The predicted octanol–water partition coefficient (Wildman–Crippen LogP) is 0.641. The summed E-state index contributed by atoms with van der Waals surface area (Å²) in [6.45, 7) is 1.25. The molecule has 0 aromatic carbocycles. The van der Waals surface area contributed by atoms with Gasteiger partial charge >= 0.3 is 6.18 Å². The topological polar surface area (TPSA) is 52.7 Å². The van der Waals surface area contributed by atoms with E-state index in [2.05, 4.69) is 5.32 Å². The lowest BCUT2D eigenvalue weighted by Crippen LogP contribution is -2.40. The van der Waals surface area contributed by atoms with Gasteiger partial charge in [-0.3, -0.25) is 9.59 Å². The van der Waals surface area contributed by atoms with Gasteiger partial charge in [-0.25, -0.2) is 0 Å². The summed E-state index contributed by atoms with van der Waals surface area (Å²) < 4.78 is 37.0. The van der Waals surface area contributed by atoms with Crippen LogP contribution in [-0.4, -0.2) is 67.1 Å². The van der Waals surface area contributed by atoms with Gasteiger partial charge < -0.3 is 15.1 Å². The molecule has 2 rings (SSSR count). The minimum absolute atomic E-state index is 0. The van der Waals surface area contributed by atoms with Crippen LogP contribution >= 0.6 is 12.4 Å². The van der Waals surface area contributed by atoms with Crippen LogP contribution in [0.15, 0.2) is 0 Å². The Bertz CT molecular complexity index is 384. The molecule has 1 atom stereocenters. The van der Waals surface area contributed by atoms with E-state index in [0.29, 0.717) is 19.6 Å². The third kappa shape index (κ3) is 5.03. The highest BCUT2D eigenvalue weighted by Gasteiger charge is 2.41. The van der Waals surface area contributed by atoms with Crippen molar-refractivity contribution in [2.45, 2.75) is 19.0 Å². The number of halogens is 4. The lowest BCUT2D eigenvalue weighted by atomic mass is 10.1. The highest BCUT2D eigenvalue weighted by molar-refractivity contribution is 5.89. The summed E-state index contributed by atoms with van der Waals surface area (Å²) in [6.07, 6.45) is -3.71. The zero-order chi connectivity index (χ0) is 14.8. The van der Waals surface area contributed by atoms with Crippen molar-refractivity contribution in [1.29, 1.82) is 0 Å². The van der Waals surface area contributed by atoms with Gasteiger partial charge in [-0.05, 0) is 13.0 Å². The van der Waals surface area contributed by atoms with Gasteiger partial charge in [0.2, 0.25) is 11.8 Å². The molecular weight excluding hydrogens is 311 g/mol. The second-order valence-electron chi connectivity index (χ2n) is 5.22. The van der Waals surface area contributed by atoms with Gasteiger partial charge in [-0.15, -0.1) is 12.4 Å². The Balaban J connectivity index is 0.00000220. The summed E-state index contributed by atoms with van der Waals surface area (Å²) >= 11 is 0. The minimum Gasteiger partial charge on any atom is -0.341 e. The highest BCUT2D eigenvalue weighted by Crippen LogP contribution is 2.25. The van der Waals surface area contributed by atoms with Gasteiger partial charge in [0.15, 0.2) is 0 Å². The predicted molar refractivity (Wildman–Crippen MR) is 72.1 cm³/mol. The number of nitrogens with zero attached hydrogens (tertiary/aromatic N) is 2. The van der Waals surface area contributed by atoms with E-state index < -0.39 is 24.5 Å². The van der Waals surface area contributed by atoms with Crippen LogP contribution in [0.1, 0.15) is 12.8 Å². The van der Waals surface area contributed by atoms with Gasteiger partial charge in [0.25, 0.3) is 0 Å². The number of hydrogen-bond donors (Lipinski definition) is 1. The Morgan fingerprint density at radius 1 is 1.29 bits per heavy atom. The first kappa shape index (κ1) is 18.0. The van der Waals surface area contributed by atoms with Crippen molar-refractivity contribution in [2.24, 2.45) is 5.92 Å². The van der Waals surface area contributed by atoms with Crippen LogP contribution in [0.5, 0.6) is 0 Å². The number of carbonyl (C=O) groups excluding carboxylic acids is 2. The van der Waals surface area contributed by atoms with Crippen LogP contribution < -0.4 is 5.32 Å². The quantitative estimate of drug-likeness (QED) is 0.809. The largest absolute Gasteiger partial charge is 0.406 e. The molecule has 2 aliphatic rings. The van der Waals surface area contributed by atoms with Crippen LogP contribution in [0.25, 0.3) is 0 Å². The first-order valence-corrected chi connectivity index (χ1v) is 6.71. The van der Waals surface area contributed by atoms with Crippen LogP contribution in [-0.2, 0) is 9.59 Å². The second kappa shape index (κ2) is 7.31. The summed E-state index contributed by atoms with van der Waals surface area (Å²) in [5, 5.41) is 3.15. The molecule has 5 nitrogen and oxygen atoms in total. The maximum atomic E-state index is 12.3. The summed E-state index contributed by atoms with van der Waals surface area (Å²) in [4.78, 5) is 26.2. The minimum atomic E-state index is -4.42. The number of amides is 2. The molecule has 1 unspecified atom stereocenters. The molecule has 0 aromatic rings. The van der Waals surface area contributed by atoms with Crippen molar-refractivity contribution in [1.82, 2.24) is 15.1 Å². The van der Waals surface area contributed by atoms with Crippen LogP contribution in [0, 0.1) is 5.92 Å². The normalized spacial score (nSPS) is 23.8. The zero-order valence-electron chi connectivity index (χ0n) is 11.5. The van der Waals surface area contributed by atoms with Crippen molar-refractivity contribution in [3.8, 4) is 0 Å². The number of rotatable bonds is 2. The van der Waals surface area contributed by atoms with Gasteiger partial charge in [0, 0.05) is 32.6 Å². The van der Waals surface area contributed by atoms with Crippen molar-refractivity contribution in [3.05, 3.63) is 0 Å². The van der Waals surface area contributed by atoms with E-state index in [1.54, 1.807) is 4.90 Å². The molecule has 9 heteroatoms. The zero-order valence-corrected chi connectivity index (χ0v) is 12.3. The third-order valence-corrected chi connectivity index (χ3v) is 3.59. The van der Waals surface area contributed by atoms with Crippen molar-refractivity contribution >= 4 is 24.2 Å². The SMILES string of the molecule is Cl.O=C1CC(C(=O)N2CCCNCC2)CN1CC(F)(F)F. The van der Waals surface area contributed by atoms with Gasteiger partial charge in [-0.1, -0.05) is 0 Å². The Morgan fingerprint density at radius 2 is 2.00 bits per heavy atom. The number of nitrogens with one attached hydrogen (secondary N) is 1. The first-order chi connectivity index (χ1) is 9.37. The lowest BCUT2D eigenvalue weighted by Gasteiger charge is -2.24. The fourth-order valence-electron chi connectivity index (χ4n) is 2.63. The molecule has 0 saturated carbocycles. The molecule has 2 heterocycles. The molecule has 0 radical (unpaired) electrons. The molecule has 1 N–H and O–H groups in total. The molecule has 2 fully saturated rings. The molecule has 0 bridgehead atoms. The smallest absolute Gasteiger partial charge is 0.341 e. The summed E-state index contributed by atoms with van der Waals surface area (Å²) in [5.41, 5.74) is 0. The molecule has 2 amide bonds. The average molecular weight is 330 g/mol. The van der Waals surface area contributed by atoms with E-state index in [9.17, 15) is 22.8 Å². The summed E-state index contributed by atoms with van der Waals surface area (Å²) in [5.74, 6) is -1.43. The molecular formula is C12H19ClF3N3O2. The number of hydrogen-bond acceptors (Lipinski definition) is 3. The first-order valence-electron chi connectivity index (χ1n) is 6.71. The van der Waals surface area contributed by atoms with Crippen molar-refractivity contribution in [3.63, 3.8) is 0 Å². The maximum Gasteiger partial charge on any atom is 0.406 e.